The second-order valence-corrected chi connectivity index (χ2v) is 12.4. The van der Waals surface area contributed by atoms with Crippen LogP contribution in [0.5, 0.6) is 5.75 Å². The molecule has 6 heteroatoms. The van der Waals surface area contributed by atoms with Crippen molar-refractivity contribution in [3.8, 4) is 5.75 Å². The molecule has 0 unspecified atom stereocenters. The van der Waals surface area contributed by atoms with Crippen LogP contribution >= 0.6 is 0 Å². The molecule has 2 aliphatic heterocycles. The van der Waals surface area contributed by atoms with Gasteiger partial charge in [0.05, 0.1) is 17.4 Å². The number of rotatable bonds is 3. The van der Waals surface area contributed by atoms with Gasteiger partial charge >= 0.3 is 0 Å². The molecule has 2 aliphatic rings. The number of aryl methyl sites for hydroxylation is 1. The van der Waals surface area contributed by atoms with Gasteiger partial charge in [0.2, 0.25) is 5.91 Å². The molecule has 0 bridgehead atoms. The molecule has 2 fully saturated rings. The minimum absolute atomic E-state index is 0.269. The van der Waals surface area contributed by atoms with E-state index in [1.807, 2.05) is 67.6 Å². The molecular formula is C32H36N2O4. The Bertz CT molecular complexity index is 1370. The smallest absolute Gasteiger partial charge is 0.266 e. The molecule has 6 nitrogen and oxygen atoms in total. The van der Waals surface area contributed by atoms with Crippen molar-refractivity contribution in [1.82, 2.24) is 0 Å². The van der Waals surface area contributed by atoms with E-state index in [0.29, 0.717) is 5.69 Å². The van der Waals surface area contributed by atoms with Crippen molar-refractivity contribution in [2.45, 2.75) is 71.4 Å². The van der Waals surface area contributed by atoms with Gasteiger partial charge in [-0.25, -0.2) is 9.96 Å². The maximum atomic E-state index is 14.1. The standard InChI is InChI=1S/C32H36N2O4/c1-19-13-11-12-16-24(19)33-29(36)25-26(34(38-28(25)30(33)37)21-14-9-8-10-15-21)20-17-22(31(2,3)4)27(35)23(18-20)32(5,6)7/h8-18,25-26,28,35H,1-7H3/t25-,26+,28-/m1/s1. The second-order valence-electron chi connectivity index (χ2n) is 12.4. The van der Waals surface area contributed by atoms with Crippen LogP contribution in [0.3, 0.4) is 0 Å². The van der Waals surface area contributed by atoms with Crippen LogP contribution in [0.2, 0.25) is 0 Å². The van der Waals surface area contributed by atoms with Crippen LogP contribution in [-0.2, 0) is 25.3 Å². The Morgan fingerprint density at radius 2 is 1.34 bits per heavy atom. The van der Waals surface area contributed by atoms with Crippen LogP contribution in [0, 0.1) is 12.8 Å². The third kappa shape index (κ3) is 4.17. The molecule has 38 heavy (non-hydrogen) atoms. The molecule has 198 valence electrons. The number of hydrogen-bond donors (Lipinski definition) is 1. The zero-order valence-corrected chi connectivity index (χ0v) is 23.1. The van der Waals surface area contributed by atoms with Gasteiger partial charge in [0.1, 0.15) is 11.7 Å². The van der Waals surface area contributed by atoms with Gasteiger partial charge in [0.25, 0.3) is 5.91 Å². The van der Waals surface area contributed by atoms with E-state index in [2.05, 4.69) is 41.5 Å². The number of carbonyl (C=O) groups excluding carboxylic acids is 2. The molecule has 1 N–H and O–H groups in total. The molecule has 2 saturated heterocycles. The van der Waals surface area contributed by atoms with Gasteiger partial charge in [-0.1, -0.05) is 77.9 Å². The van der Waals surface area contributed by atoms with Crippen molar-refractivity contribution < 1.29 is 19.5 Å². The molecular weight excluding hydrogens is 476 g/mol. The lowest BCUT2D eigenvalue weighted by Crippen LogP contribution is -2.38. The molecule has 3 aromatic carbocycles. The fourth-order valence-corrected chi connectivity index (χ4v) is 5.57. The predicted molar refractivity (Wildman–Crippen MR) is 149 cm³/mol. The largest absolute Gasteiger partial charge is 0.507 e. The van der Waals surface area contributed by atoms with Crippen molar-refractivity contribution in [2.75, 3.05) is 9.96 Å². The average Bonchev–Trinajstić information content (AvgIpc) is 3.35. The van der Waals surface area contributed by atoms with E-state index in [1.165, 1.54) is 4.90 Å². The summed E-state index contributed by atoms with van der Waals surface area (Å²) in [5, 5.41) is 13.1. The number of benzene rings is 3. The zero-order chi connectivity index (χ0) is 27.6. The van der Waals surface area contributed by atoms with Crippen molar-refractivity contribution >= 4 is 23.2 Å². The summed E-state index contributed by atoms with van der Waals surface area (Å²) in [5.74, 6) is -1.11. The van der Waals surface area contributed by atoms with Crippen molar-refractivity contribution in [3.05, 3.63) is 89.0 Å². The molecule has 5 rings (SSSR count). The van der Waals surface area contributed by atoms with Gasteiger partial charge in [-0.15, -0.1) is 0 Å². The highest BCUT2D eigenvalue weighted by Gasteiger charge is 2.60. The minimum atomic E-state index is -0.947. The molecule has 0 aromatic heterocycles. The van der Waals surface area contributed by atoms with Crippen LogP contribution in [0.15, 0.2) is 66.7 Å². The summed E-state index contributed by atoms with van der Waals surface area (Å²) in [6, 6.07) is 20.4. The van der Waals surface area contributed by atoms with Crippen LogP contribution in [-0.4, -0.2) is 23.0 Å². The molecule has 3 aromatic rings. The molecule has 3 atom stereocenters. The van der Waals surface area contributed by atoms with Gasteiger partial charge in [-0.2, -0.15) is 0 Å². The zero-order valence-electron chi connectivity index (χ0n) is 23.1. The SMILES string of the molecule is Cc1ccccc1N1C(=O)[C@H]2[C@@H](ON(c3ccccc3)[C@H]2c2cc(C(C)(C)C)c(O)c(C(C)(C)C)c2)C1=O. The van der Waals surface area contributed by atoms with Crippen LogP contribution in [0.25, 0.3) is 0 Å². The first-order chi connectivity index (χ1) is 17.8. The van der Waals surface area contributed by atoms with E-state index in [1.54, 1.807) is 11.1 Å². The number of imide groups is 1. The minimum Gasteiger partial charge on any atom is -0.507 e. The quantitative estimate of drug-likeness (QED) is 0.414. The second kappa shape index (κ2) is 8.98. The van der Waals surface area contributed by atoms with Crippen molar-refractivity contribution in [1.29, 1.82) is 0 Å². The monoisotopic (exact) mass is 512 g/mol. The van der Waals surface area contributed by atoms with Gasteiger partial charge in [0.15, 0.2) is 6.10 Å². The Kier molecular flexibility index (Phi) is 6.14. The Balaban J connectivity index is 1.71. The summed E-state index contributed by atoms with van der Waals surface area (Å²) < 4.78 is 0. The van der Waals surface area contributed by atoms with E-state index in [9.17, 15) is 14.7 Å². The number of amides is 2. The highest BCUT2D eigenvalue weighted by Crippen LogP contribution is 2.50. The number of aromatic hydroxyl groups is 1. The Labute approximate surface area is 224 Å². The van der Waals surface area contributed by atoms with Gasteiger partial charge < -0.3 is 5.11 Å². The lowest BCUT2D eigenvalue weighted by atomic mass is 9.76. The van der Waals surface area contributed by atoms with E-state index in [4.69, 9.17) is 4.84 Å². The van der Waals surface area contributed by atoms with E-state index in [-0.39, 0.29) is 28.4 Å². The number of para-hydroxylation sites is 2. The molecule has 2 amide bonds. The molecule has 0 aliphatic carbocycles. The number of phenolic OH excluding ortho intramolecular Hbond substituents is 1. The van der Waals surface area contributed by atoms with E-state index in [0.717, 1.165) is 27.9 Å². The summed E-state index contributed by atoms with van der Waals surface area (Å²) in [4.78, 5) is 35.5. The number of carbonyl (C=O) groups is 2. The Hall–Kier alpha value is -3.64. The summed E-state index contributed by atoms with van der Waals surface area (Å²) in [5.41, 5.74) is 3.92. The Morgan fingerprint density at radius 3 is 1.89 bits per heavy atom. The number of hydroxylamine groups is 1. The van der Waals surface area contributed by atoms with Gasteiger partial charge in [-0.05, 0) is 70.3 Å². The fourth-order valence-electron chi connectivity index (χ4n) is 5.57. The van der Waals surface area contributed by atoms with Crippen LogP contribution in [0.1, 0.15) is 69.8 Å². The first kappa shape index (κ1) is 26.0. The van der Waals surface area contributed by atoms with E-state index < -0.39 is 18.1 Å². The third-order valence-electron chi connectivity index (χ3n) is 7.57. The predicted octanol–water partition coefficient (Wildman–Crippen LogP) is 6.35. The third-order valence-corrected chi connectivity index (χ3v) is 7.57. The van der Waals surface area contributed by atoms with Gasteiger partial charge in [0, 0.05) is 0 Å². The lowest BCUT2D eigenvalue weighted by molar-refractivity contribution is -0.126. The highest BCUT2D eigenvalue weighted by atomic mass is 16.7. The maximum absolute atomic E-state index is 14.1. The molecule has 2 heterocycles. The number of nitrogens with zero attached hydrogens (tertiary/aromatic N) is 2. The van der Waals surface area contributed by atoms with Crippen LogP contribution in [0.4, 0.5) is 11.4 Å². The average molecular weight is 513 g/mol. The molecule has 0 radical (unpaired) electrons. The summed E-state index contributed by atoms with van der Waals surface area (Å²) in [7, 11) is 0. The molecule has 0 spiro atoms. The normalized spacial score (nSPS) is 21.8. The first-order valence-electron chi connectivity index (χ1n) is 13.1. The fraction of sp³-hybridized carbons (Fsp3) is 0.375. The number of anilines is 2. The maximum Gasteiger partial charge on any atom is 0.266 e. The van der Waals surface area contributed by atoms with Gasteiger partial charge in [-0.3, -0.25) is 14.4 Å². The topological polar surface area (TPSA) is 70.1 Å². The number of fused-ring (bicyclic) bond motifs is 1. The summed E-state index contributed by atoms with van der Waals surface area (Å²) in [6.07, 6.45) is -0.947. The summed E-state index contributed by atoms with van der Waals surface area (Å²) in [6.45, 7) is 14.3. The molecule has 0 saturated carbocycles. The lowest BCUT2D eigenvalue weighted by Gasteiger charge is -2.33. The van der Waals surface area contributed by atoms with Crippen LogP contribution < -0.4 is 9.96 Å². The first-order valence-corrected chi connectivity index (χ1v) is 13.1. The number of hydrogen-bond acceptors (Lipinski definition) is 5. The number of phenols is 1. The van der Waals surface area contributed by atoms with E-state index >= 15 is 0 Å². The summed E-state index contributed by atoms with van der Waals surface area (Å²) >= 11 is 0. The van der Waals surface area contributed by atoms with Crippen molar-refractivity contribution in [2.24, 2.45) is 5.92 Å². The highest BCUT2D eigenvalue weighted by molar-refractivity contribution is 6.24. The van der Waals surface area contributed by atoms with Crippen molar-refractivity contribution in [3.63, 3.8) is 0 Å². The Morgan fingerprint density at radius 1 is 0.789 bits per heavy atom.